The number of aromatic hydroxyl groups is 1. The van der Waals surface area contributed by atoms with Crippen LogP contribution in [0.4, 0.5) is 0 Å². The monoisotopic (exact) mass is 769 g/mol. The summed E-state index contributed by atoms with van der Waals surface area (Å²) < 4.78 is 30.5. The molecule has 0 unspecified atom stereocenters. The highest BCUT2D eigenvalue weighted by Crippen LogP contribution is 2.63. The Balaban J connectivity index is 1.23. The summed E-state index contributed by atoms with van der Waals surface area (Å²) in [6.07, 6.45) is 0.0162. The summed E-state index contributed by atoms with van der Waals surface area (Å²) in [6, 6.07) is 7.51. The fourth-order valence-electron chi connectivity index (χ4n) is 10.3. The van der Waals surface area contributed by atoms with Crippen LogP contribution in [0.5, 0.6) is 28.7 Å². The van der Waals surface area contributed by atoms with E-state index in [1.165, 1.54) is 25.8 Å². The number of aliphatic hydroxyl groups is 1. The number of fused-ring (bicyclic) bond motifs is 11. The standard InChI is InChI=1S/C40H43N5O9S/c1-16-9-19-10-24-38(48)45-25-13-51-39(49)40(37-22(11-20(12-41)44-40)21-7-5-6-8-23(21)43-37)14-55-36(30(45)29(42-24)26(19)31(47)32(16)50-4)28-27(25)35-34(52-15-53-35)17(2)33(28)54-18(3)46/h5-9,20,24-25,29-30,36,38,42-44,47-48H,10-15,41H2,1-4H3/t20-,24-,25-,29+,30+,36+,38-,40+/m0/s1. The van der Waals surface area contributed by atoms with Crippen LogP contribution in [-0.4, -0.2) is 89.2 Å². The summed E-state index contributed by atoms with van der Waals surface area (Å²) in [5, 5.41) is 32.2. The summed E-state index contributed by atoms with van der Waals surface area (Å²) in [5.74, 6) is 0.878. The fourth-order valence-corrected chi connectivity index (χ4v) is 12.0. The minimum atomic E-state index is -1.34. The number of phenols is 1. The van der Waals surface area contributed by atoms with Gasteiger partial charge in [-0.3, -0.25) is 15.0 Å². The number of carbonyl (C=O) groups excluding carboxylic acids is 2. The zero-order chi connectivity index (χ0) is 38.1. The summed E-state index contributed by atoms with van der Waals surface area (Å²) >= 11 is 1.50. The van der Waals surface area contributed by atoms with Crippen molar-refractivity contribution < 1.29 is 43.5 Å². The quantitative estimate of drug-likeness (QED) is 0.132. The molecule has 7 N–H and O–H groups in total. The average molecular weight is 770 g/mol. The van der Waals surface area contributed by atoms with Crippen molar-refractivity contribution in [1.82, 2.24) is 20.5 Å². The Morgan fingerprint density at radius 2 is 1.91 bits per heavy atom. The van der Waals surface area contributed by atoms with Crippen molar-refractivity contribution in [1.29, 1.82) is 0 Å². The van der Waals surface area contributed by atoms with Gasteiger partial charge in [-0.1, -0.05) is 24.3 Å². The number of ether oxygens (including phenoxy) is 5. The van der Waals surface area contributed by atoms with Crippen LogP contribution in [0.25, 0.3) is 10.9 Å². The van der Waals surface area contributed by atoms with Gasteiger partial charge in [-0.15, -0.1) is 11.8 Å². The molecule has 7 aliphatic rings. The number of aromatic nitrogens is 1. The SMILES string of the molecule is COc1c(C)cc2c(c1O)[C@H]1N[C@@H](C2)[C@H](O)N2[C@H]1[C@@H]1SC[C@]3(N[C@H](CN)Cc4c3[nH]c3ccccc43)C(=O)OC[C@H]2c2c3c(c(C)c(OC(C)=O)c21)OCO3. The topological polar surface area (TPSA) is 190 Å². The number of nitrogens with two attached hydrogens (primary N) is 1. The van der Waals surface area contributed by atoms with E-state index in [0.717, 1.165) is 33.3 Å². The third-order valence-electron chi connectivity index (χ3n) is 12.5. The second-order valence-electron chi connectivity index (χ2n) is 15.5. The number of aliphatic hydroxyl groups excluding tert-OH is 1. The minimum Gasteiger partial charge on any atom is -0.504 e. The highest BCUT2D eigenvalue weighted by atomic mass is 32.2. The predicted octanol–water partition coefficient (Wildman–Crippen LogP) is 3.17. The maximum absolute atomic E-state index is 14.9. The summed E-state index contributed by atoms with van der Waals surface area (Å²) in [4.78, 5) is 33.4. The first-order valence-corrected chi connectivity index (χ1v) is 19.7. The van der Waals surface area contributed by atoms with Crippen LogP contribution >= 0.6 is 11.8 Å². The zero-order valence-corrected chi connectivity index (χ0v) is 31.7. The van der Waals surface area contributed by atoms with E-state index in [0.29, 0.717) is 64.6 Å². The summed E-state index contributed by atoms with van der Waals surface area (Å²) in [7, 11) is 1.54. The number of carbonyl (C=O) groups is 2. The predicted molar refractivity (Wildman–Crippen MR) is 202 cm³/mol. The van der Waals surface area contributed by atoms with Crippen molar-refractivity contribution in [2.75, 3.05) is 32.8 Å². The number of benzene rings is 3. The number of hydrogen-bond acceptors (Lipinski definition) is 14. The van der Waals surface area contributed by atoms with E-state index in [1.807, 2.05) is 43.0 Å². The van der Waals surface area contributed by atoms with Crippen LogP contribution in [0.2, 0.25) is 0 Å². The van der Waals surface area contributed by atoms with Crippen LogP contribution in [0.3, 0.4) is 0 Å². The number of phenolic OH excluding ortho intramolecular Hbond substituents is 1. The molecule has 1 aromatic heterocycles. The van der Waals surface area contributed by atoms with E-state index >= 15 is 0 Å². The molecular formula is C40H43N5O9S. The Kier molecular flexibility index (Phi) is 7.94. The number of aromatic amines is 1. The van der Waals surface area contributed by atoms with Crippen LogP contribution < -0.4 is 35.3 Å². The maximum atomic E-state index is 14.9. The number of methoxy groups -OCH3 is 1. The van der Waals surface area contributed by atoms with Gasteiger partial charge in [0.25, 0.3) is 0 Å². The molecule has 14 nitrogen and oxygen atoms in total. The Morgan fingerprint density at radius 3 is 2.69 bits per heavy atom. The molecule has 0 aliphatic carbocycles. The molecular weight excluding hydrogens is 727 g/mol. The van der Waals surface area contributed by atoms with Gasteiger partial charge in [0, 0.05) is 64.5 Å². The number of para-hydroxylation sites is 1. The van der Waals surface area contributed by atoms with Gasteiger partial charge >= 0.3 is 11.9 Å². The first-order valence-electron chi connectivity index (χ1n) is 18.7. The van der Waals surface area contributed by atoms with Crippen molar-refractivity contribution in [2.24, 2.45) is 5.73 Å². The van der Waals surface area contributed by atoms with Gasteiger partial charge in [-0.25, -0.2) is 4.79 Å². The van der Waals surface area contributed by atoms with Crippen LogP contribution in [-0.2, 0) is 32.7 Å². The molecule has 8 heterocycles. The molecule has 11 rings (SSSR count). The largest absolute Gasteiger partial charge is 0.504 e. The van der Waals surface area contributed by atoms with E-state index in [4.69, 9.17) is 29.4 Å². The number of hydrogen-bond donors (Lipinski definition) is 6. The van der Waals surface area contributed by atoms with Crippen molar-refractivity contribution in [3.63, 3.8) is 0 Å². The summed E-state index contributed by atoms with van der Waals surface area (Å²) in [6.45, 7) is 5.17. The third kappa shape index (κ3) is 4.80. The Labute approximate surface area is 321 Å². The normalized spacial score (nSPS) is 30.3. The number of nitrogens with one attached hydrogen (secondary N) is 3. The molecule has 4 aromatic rings. The molecule has 0 radical (unpaired) electrons. The first-order chi connectivity index (χ1) is 26.6. The fraction of sp³-hybridized carbons (Fsp3) is 0.450. The molecule has 8 atom stereocenters. The molecule has 7 aliphatic heterocycles. The highest BCUT2D eigenvalue weighted by Gasteiger charge is 2.60. The zero-order valence-electron chi connectivity index (χ0n) is 30.9. The minimum absolute atomic E-state index is 0.0374. The molecule has 3 aromatic carbocycles. The van der Waals surface area contributed by atoms with Gasteiger partial charge in [-0.2, -0.15) is 0 Å². The number of nitrogens with zero attached hydrogens (tertiary/aromatic N) is 1. The second-order valence-corrected chi connectivity index (χ2v) is 16.6. The molecule has 2 fully saturated rings. The van der Waals surface area contributed by atoms with Crippen molar-refractivity contribution >= 4 is 34.6 Å². The van der Waals surface area contributed by atoms with Gasteiger partial charge in [0.05, 0.1) is 36.2 Å². The molecule has 288 valence electrons. The maximum Gasteiger partial charge on any atom is 0.333 e. The lowest BCUT2D eigenvalue weighted by molar-refractivity contribution is -0.165. The average Bonchev–Trinajstić information content (AvgIpc) is 3.82. The van der Waals surface area contributed by atoms with E-state index in [9.17, 15) is 19.8 Å². The number of aryl methyl sites for hydroxylation is 1. The second kappa shape index (κ2) is 12.5. The molecule has 2 saturated heterocycles. The Bertz CT molecular complexity index is 2310. The van der Waals surface area contributed by atoms with E-state index in [2.05, 4.69) is 21.7 Å². The van der Waals surface area contributed by atoms with E-state index in [1.54, 1.807) is 0 Å². The highest BCUT2D eigenvalue weighted by molar-refractivity contribution is 7.99. The smallest absolute Gasteiger partial charge is 0.333 e. The van der Waals surface area contributed by atoms with Crippen molar-refractivity contribution in [3.8, 4) is 28.7 Å². The van der Waals surface area contributed by atoms with Crippen molar-refractivity contribution in [2.45, 2.75) is 80.8 Å². The number of esters is 2. The van der Waals surface area contributed by atoms with Gasteiger partial charge < -0.3 is 49.9 Å². The third-order valence-corrected chi connectivity index (χ3v) is 14.0. The van der Waals surface area contributed by atoms with Crippen LogP contribution in [0.1, 0.15) is 68.9 Å². The van der Waals surface area contributed by atoms with Gasteiger partial charge in [0.1, 0.15) is 18.6 Å². The van der Waals surface area contributed by atoms with Gasteiger partial charge in [0.2, 0.25) is 6.79 Å². The first kappa shape index (κ1) is 34.9. The Hall–Kier alpha value is -4.51. The van der Waals surface area contributed by atoms with Crippen LogP contribution in [0.15, 0.2) is 30.3 Å². The Morgan fingerprint density at radius 1 is 1.11 bits per heavy atom. The molecule has 0 amide bonds. The van der Waals surface area contributed by atoms with Crippen molar-refractivity contribution in [3.05, 3.63) is 75.0 Å². The molecule has 4 bridgehead atoms. The number of piperazine rings is 1. The lowest BCUT2D eigenvalue weighted by Crippen LogP contribution is -2.70. The van der Waals surface area contributed by atoms with E-state index in [-0.39, 0.29) is 30.9 Å². The molecule has 1 spiro atoms. The van der Waals surface area contributed by atoms with Crippen LogP contribution in [0, 0.1) is 13.8 Å². The molecule has 15 heteroatoms. The molecule has 0 saturated carbocycles. The van der Waals surface area contributed by atoms with Gasteiger partial charge in [0.15, 0.2) is 28.5 Å². The number of H-pyrrole nitrogens is 1. The lowest BCUT2D eigenvalue weighted by atomic mass is 9.74. The number of thioether (sulfide) groups is 1. The number of rotatable bonds is 3. The summed E-state index contributed by atoms with van der Waals surface area (Å²) in [5.41, 5.74) is 12.0. The van der Waals surface area contributed by atoms with Gasteiger partial charge in [-0.05, 0) is 49.4 Å². The lowest BCUT2D eigenvalue weighted by Gasteiger charge is -2.59. The molecule has 55 heavy (non-hydrogen) atoms. The van der Waals surface area contributed by atoms with E-state index < -0.39 is 53.1 Å².